The molecule has 2 rings (SSSR count). The first kappa shape index (κ1) is 15.4. The van der Waals surface area contributed by atoms with E-state index in [2.05, 4.69) is 36.5 Å². The lowest BCUT2D eigenvalue weighted by atomic mass is 10.1. The molecule has 0 aliphatic heterocycles. The van der Waals surface area contributed by atoms with Crippen LogP contribution in [-0.4, -0.2) is 20.8 Å². The molecule has 0 aromatic heterocycles. The minimum absolute atomic E-state index is 0.913. The molecule has 0 unspecified atom stereocenters. The highest BCUT2D eigenvalue weighted by molar-refractivity contribution is 5.35. The molecule has 3 nitrogen and oxygen atoms in total. The van der Waals surface area contributed by atoms with Crippen molar-refractivity contribution in [1.82, 2.24) is 0 Å². The van der Waals surface area contributed by atoms with E-state index >= 15 is 0 Å². The number of methoxy groups -OCH3 is 2. The Balaban J connectivity index is 1.77. The fraction of sp³-hybridized carbons (Fsp3) is 0.333. The van der Waals surface area contributed by atoms with Crippen LogP contribution < -0.4 is 14.8 Å². The van der Waals surface area contributed by atoms with Crippen LogP contribution in [0.3, 0.4) is 0 Å². The Morgan fingerprint density at radius 1 is 0.905 bits per heavy atom. The summed E-state index contributed by atoms with van der Waals surface area (Å²) in [7, 11) is 3.41. The number of aryl methyl sites for hydroxylation is 1. The molecular weight excluding hydrogens is 262 g/mol. The van der Waals surface area contributed by atoms with Gasteiger partial charge in [0.25, 0.3) is 0 Å². The van der Waals surface area contributed by atoms with Crippen molar-refractivity contribution in [2.45, 2.75) is 19.9 Å². The molecule has 0 spiro atoms. The zero-order valence-electron chi connectivity index (χ0n) is 13.1. The summed E-state index contributed by atoms with van der Waals surface area (Å²) in [5.74, 6) is 1.87. The van der Waals surface area contributed by atoms with Crippen molar-refractivity contribution in [3.63, 3.8) is 0 Å². The second-order valence-corrected chi connectivity index (χ2v) is 5.18. The van der Waals surface area contributed by atoms with Gasteiger partial charge in [-0.2, -0.15) is 0 Å². The highest BCUT2D eigenvalue weighted by Crippen LogP contribution is 2.17. The molecule has 2 aromatic rings. The van der Waals surface area contributed by atoms with Crippen LogP contribution in [0.5, 0.6) is 11.5 Å². The molecule has 0 saturated heterocycles. The van der Waals surface area contributed by atoms with E-state index in [0.717, 1.165) is 31.0 Å². The first-order chi connectivity index (χ1) is 10.2. The summed E-state index contributed by atoms with van der Waals surface area (Å²) in [6.45, 7) is 4.16. The SMILES string of the molecule is COc1ccc(CC[NH2+]Cc2ccc(OC)c(C)c2)cc1. The van der Waals surface area contributed by atoms with Crippen molar-refractivity contribution < 1.29 is 14.8 Å². The molecule has 112 valence electrons. The topological polar surface area (TPSA) is 35.1 Å². The number of nitrogens with two attached hydrogens (primary N) is 1. The Morgan fingerprint density at radius 3 is 2.24 bits per heavy atom. The Bertz CT molecular complexity index is 564. The lowest BCUT2D eigenvalue weighted by molar-refractivity contribution is -0.670. The average molecular weight is 286 g/mol. The highest BCUT2D eigenvalue weighted by Gasteiger charge is 2.02. The Hall–Kier alpha value is -2.00. The third kappa shape index (κ3) is 4.50. The van der Waals surface area contributed by atoms with Gasteiger partial charge in [0.2, 0.25) is 0 Å². The number of hydrogen-bond acceptors (Lipinski definition) is 2. The van der Waals surface area contributed by atoms with Gasteiger partial charge in [0.1, 0.15) is 18.0 Å². The number of benzene rings is 2. The summed E-state index contributed by atoms with van der Waals surface area (Å²) in [5.41, 5.74) is 3.87. The smallest absolute Gasteiger partial charge is 0.121 e. The van der Waals surface area contributed by atoms with Crippen molar-refractivity contribution >= 4 is 0 Å². The molecule has 21 heavy (non-hydrogen) atoms. The van der Waals surface area contributed by atoms with E-state index in [1.54, 1.807) is 14.2 Å². The van der Waals surface area contributed by atoms with Crippen molar-refractivity contribution in [3.05, 3.63) is 59.2 Å². The van der Waals surface area contributed by atoms with E-state index in [-0.39, 0.29) is 0 Å². The number of quaternary nitrogens is 1. The van der Waals surface area contributed by atoms with E-state index in [1.165, 1.54) is 16.7 Å². The first-order valence-corrected chi connectivity index (χ1v) is 7.31. The van der Waals surface area contributed by atoms with Crippen LogP contribution in [0.4, 0.5) is 0 Å². The molecular formula is C18H24NO2+. The molecule has 0 atom stereocenters. The Morgan fingerprint density at radius 2 is 1.62 bits per heavy atom. The van der Waals surface area contributed by atoms with Gasteiger partial charge in [-0.15, -0.1) is 0 Å². The second kappa shape index (κ2) is 7.70. The largest absolute Gasteiger partial charge is 0.497 e. The van der Waals surface area contributed by atoms with Crippen LogP contribution in [0, 0.1) is 6.92 Å². The van der Waals surface area contributed by atoms with Crippen molar-refractivity contribution in [1.29, 1.82) is 0 Å². The fourth-order valence-corrected chi connectivity index (χ4v) is 2.40. The third-order valence-electron chi connectivity index (χ3n) is 3.64. The highest BCUT2D eigenvalue weighted by atomic mass is 16.5. The lowest BCUT2D eigenvalue weighted by Gasteiger charge is -2.07. The van der Waals surface area contributed by atoms with E-state index in [9.17, 15) is 0 Å². The molecule has 0 saturated carbocycles. The van der Waals surface area contributed by atoms with Gasteiger partial charge in [-0.3, -0.25) is 0 Å². The van der Waals surface area contributed by atoms with Crippen LogP contribution in [0.2, 0.25) is 0 Å². The van der Waals surface area contributed by atoms with Crippen LogP contribution in [0.1, 0.15) is 16.7 Å². The zero-order valence-corrected chi connectivity index (χ0v) is 13.1. The van der Waals surface area contributed by atoms with Crippen molar-refractivity contribution in [3.8, 4) is 11.5 Å². The van der Waals surface area contributed by atoms with Gasteiger partial charge in [-0.05, 0) is 48.4 Å². The van der Waals surface area contributed by atoms with Crippen molar-refractivity contribution in [2.75, 3.05) is 20.8 Å². The van der Waals surface area contributed by atoms with Gasteiger partial charge < -0.3 is 14.8 Å². The summed E-state index contributed by atoms with van der Waals surface area (Å²) in [5, 5.41) is 2.34. The maximum atomic E-state index is 5.28. The first-order valence-electron chi connectivity index (χ1n) is 7.31. The lowest BCUT2D eigenvalue weighted by Crippen LogP contribution is -2.83. The van der Waals surface area contributed by atoms with E-state index in [1.807, 2.05) is 18.2 Å². The molecule has 0 amide bonds. The maximum absolute atomic E-state index is 5.28. The number of rotatable bonds is 7. The fourth-order valence-electron chi connectivity index (χ4n) is 2.40. The van der Waals surface area contributed by atoms with E-state index in [4.69, 9.17) is 9.47 Å². The average Bonchev–Trinajstić information content (AvgIpc) is 2.52. The number of hydrogen-bond donors (Lipinski definition) is 1. The molecule has 3 heteroatoms. The summed E-state index contributed by atoms with van der Waals surface area (Å²) >= 11 is 0. The minimum Gasteiger partial charge on any atom is -0.497 e. The Kier molecular flexibility index (Phi) is 5.64. The predicted octanol–water partition coefficient (Wildman–Crippen LogP) is 2.32. The molecule has 0 bridgehead atoms. The van der Waals surface area contributed by atoms with Gasteiger partial charge in [-0.25, -0.2) is 0 Å². The summed E-state index contributed by atoms with van der Waals surface area (Å²) in [6, 6.07) is 14.7. The molecule has 0 radical (unpaired) electrons. The quantitative estimate of drug-likeness (QED) is 0.793. The summed E-state index contributed by atoms with van der Waals surface area (Å²) in [6.07, 6.45) is 1.07. The van der Waals surface area contributed by atoms with E-state index in [0.29, 0.717) is 0 Å². The maximum Gasteiger partial charge on any atom is 0.121 e. The molecule has 0 aliphatic carbocycles. The predicted molar refractivity (Wildman–Crippen MR) is 84.9 cm³/mol. The molecule has 0 heterocycles. The van der Waals surface area contributed by atoms with Crippen LogP contribution in [0.25, 0.3) is 0 Å². The van der Waals surface area contributed by atoms with Crippen molar-refractivity contribution in [2.24, 2.45) is 0 Å². The summed E-state index contributed by atoms with van der Waals surface area (Å²) in [4.78, 5) is 0. The Labute approximate surface area is 126 Å². The molecule has 0 fully saturated rings. The standard InChI is InChI=1S/C18H23NO2/c1-14-12-16(6-9-18(14)21-3)13-19-11-10-15-4-7-17(20-2)8-5-15/h4-9,12,19H,10-11,13H2,1-3H3/p+1. The number of ether oxygens (including phenoxy) is 2. The normalized spacial score (nSPS) is 10.4. The zero-order chi connectivity index (χ0) is 15.1. The monoisotopic (exact) mass is 286 g/mol. The second-order valence-electron chi connectivity index (χ2n) is 5.18. The molecule has 0 aliphatic rings. The van der Waals surface area contributed by atoms with Gasteiger partial charge in [-0.1, -0.05) is 12.1 Å². The molecule has 2 aromatic carbocycles. The van der Waals surface area contributed by atoms with Gasteiger partial charge in [0.05, 0.1) is 20.8 Å². The van der Waals surface area contributed by atoms with Crippen LogP contribution >= 0.6 is 0 Å². The van der Waals surface area contributed by atoms with Gasteiger partial charge in [0, 0.05) is 12.0 Å². The molecule has 2 N–H and O–H groups in total. The van der Waals surface area contributed by atoms with E-state index < -0.39 is 0 Å². The van der Waals surface area contributed by atoms with Gasteiger partial charge in [0.15, 0.2) is 0 Å². The van der Waals surface area contributed by atoms with Crippen LogP contribution in [0.15, 0.2) is 42.5 Å². The summed E-state index contributed by atoms with van der Waals surface area (Å²) < 4.78 is 10.4. The van der Waals surface area contributed by atoms with Gasteiger partial charge >= 0.3 is 0 Å². The minimum atomic E-state index is 0.913. The van der Waals surface area contributed by atoms with Crippen LogP contribution in [-0.2, 0) is 13.0 Å². The third-order valence-corrected chi connectivity index (χ3v) is 3.64.